The Morgan fingerprint density at radius 2 is 2.00 bits per heavy atom. The van der Waals surface area contributed by atoms with E-state index in [1.807, 2.05) is 20.9 Å². The molecule has 2 rings (SSSR count). The van der Waals surface area contributed by atoms with E-state index < -0.39 is 17.8 Å². The standard InChI is InChI=1S/C15H17F3N4O/c1-9-12(10(2)22(3)21-9)6-7-19-14(23)11-4-5-13(20-8-11)15(16,17)18/h4-5,8H,6-7H2,1-3H3,(H,19,23). The molecule has 0 aliphatic carbocycles. The molecule has 0 spiro atoms. The van der Waals surface area contributed by atoms with E-state index >= 15 is 0 Å². The molecule has 0 aliphatic rings. The van der Waals surface area contributed by atoms with Crippen molar-refractivity contribution in [3.05, 3.63) is 46.5 Å². The van der Waals surface area contributed by atoms with E-state index in [2.05, 4.69) is 15.4 Å². The Balaban J connectivity index is 1.95. The summed E-state index contributed by atoms with van der Waals surface area (Å²) >= 11 is 0. The number of carbonyl (C=O) groups is 1. The first-order valence-electron chi connectivity index (χ1n) is 7.00. The van der Waals surface area contributed by atoms with Gasteiger partial charge < -0.3 is 5.32 Å². The van der Waals surface area contributed by atoms with Crippen LogP contribution in [-0.4, -0.2) is 27.2 Å². The summed E-state index contributed by atoms with van der Waals surface area (Å²) in [5.41, 5.74) is 2.05. The van der Waals surface area contributed by atoms with Crippen LogP contribution in [0.1, 0.15) is 33.0 Å². The molecule has 5 nitrogen and oxygen atoms in total. The molecule has 1 amide bonds. The van der Waals surface area contributed by atoms with Crippen LogP contribution in [0.5, 0.6) is 0 Å². The summed E-state index contributed by atoms with van der Waals surface area (Å²) in [4.78, 5) is 15.2. The molecule has 0 atom stereocenters. The molecular weight excluding hydrogens is 309 g/mol. The Bertz CT molecular complexity index is 705. The molecule has 2 aromatic heterocycles. The fourth-order valence-electron chi connectivity index (χ4n) is 2.28. The lowest BCUT2D eigenvalue weighted by Gasteiger charge is -2.08. The molecule has 0 radical (unpaired) electrons. The SMILES string of the molecule is Cc1nn(C)c(C)c1CCNC(=O)c1ccc(C(F)(F)F)nc1. The monoisotopic (exact) mass is 326 g/mol. The van der Waals surface area contributed by atoms with Gasteiger partial charge in [0.05, 0.1) is 11.3 Å². The number of rotatable bonds is 4. The molecule has 0 bridgehead atoms. The van der Waals surface area contributed by atoms with Gasteiger partial charge in [-0.15, -0.1) is 0 Å². The number of pyridine rings is 1. The zero-order valence-electron chi connectivity index (χ0n) is 13.0. The summed E-state index contributed by atoms with van der Waals surface area (Å²) in [6.45, 7) is 4.20. The highest BCUT2D eigenvalue weighted by Crippen LogP contribution is 2.27. The van der Waals surface area contributed by atoms with E-state index in [-0.39, 0.29) is 5.56 Å². The van der Waals surface area contributed by atoms with E-state index in [0.717, 1.165) is 35.3 Å². The van der Waals surface area contributed by atoms with Crippen LogP contribution in [0.2, 0.25) is 0 Å². The Kier molecular flexibility index (Phi) is 4.72. The average molecular weight is 326 g/mol. The van der Waals surface area contributed by atoms with Crippen molar-refractivity contribution >= 4 is 5.91 Å². The zero-order chi connectivity index (χ0) is 17.2. The van der Waals surface area contributed by atoms with Crippen LogP contribution in [0.15, 0.2) is 18.3 Å². The number of alkyl halides is 3. The van der Waals surface area contributed by atoms with Crippen molar-refractivity contribution in [1.29, 1.82) is 0 Å². The van der Waals surface area contributed by atoms with Crippen LogP contribution in [0.4, 0.5) is 13.2 Å². The molecule has 23 heavy (non-hydrogen) atoms. The smallest absolute Gasteiger partial charge is 0.352 e. The van der Waals surface area contributed by atoms with Gasteiger partial charge >= 0.3 is 6.18 Å². The highest BCUT2D eigenvalue weighted by molar-refractivity contribution is 5.93. The maximum atomic E-state index is 12.4. The third-order valence-electron chi connectivity index (χ3n) is 3.64. The Morgan fingerprint density at radius 3 is 2.48 bits per heavy atom. The number of nitrogens with zero attached hydrogens (tertiary/aromatic N) is 3. The van der Waals surface area contributed by atoms with Gasteiger partial charge in [-0.1, -0.05) is 0 Å². The molecular formula is C15H17F3N4O. The second-order valence-electron chi connectivity index (χ2n) is 5.21. The van der Waals surface area contributed by atoms with E-state index in [9.17, 15) is 18.0 Å². The molecule has 2 aromatic rings. The minimum atomic E-state index is -4.51. The minimum Gasteiger partial charge on any atom is -0.352 e. The van der Waals surface area contributed by atoms with E-state index in [1.54, 1.807) is 4.68 Å². The fourth-order valence-corrected chi connectivity index (χ4v) is 2.28. The molecule has 0 unspecified atom stereocenters. The number of halogens is 3. The van der Waals surface area contributed by atoms with Gasteiger partial charge in [0.2, 0.25) is 0 Å². The normalized spacial score (nSPS) is 11.6. The van der Waals surface area contributed by atoms with Crippen molar-refractivity contribution in [1.82, 2.24) is 20.1 Å². The van der Waals surface area contributed by atoms with Gasteiger partial charge in [-0.3, -0.25) is 14.5 Å². The van der Waals surface area contributed by atoms with Gasteiger partial charge in [-0.2, -0.15) is 18.3 Å². The first-order chi connectivity index (χ1) is 10.7. The quantitative estimate of drug-likeness (QED) is 0.939. The van der Waals surface area contributed by atoms with Gasteiger partial charge in [0.15, 0.2) is 0 Å². The summed E-state index contributed by atoms with van der Waals surface area (Å²) in [5, 5.41) is 6.96. The third kappa shape index (κ3) is 3.88. The van der Waals surface area contributed by atoms with Crippen LogP contribution in [0.3, 0.4) is 0 Å². The molecule has 0 saturated carbocycles. The number of aromatic nitrogens is 3. The molecule has 2 heterocycles. The van der Waals surface area contributed by atoms with Gasteiger partial charge in [0, 0.05) is 25.5 Å². The van der Waals surface area contributed by atoms with Crippen molar-refractivity contribution in [2.24, 2.45) is 7.05 Å². The van der Waals surface area contributed by atoms with Crippen LogP contribution in [0, 0.1) is 13.8 Å². The predicted octanol–water partition coefficient (Wildman–Crippen LogP) is 2.42. The average Bonchev–Trinajstić information content (AvgIpc) is 2.72. The van der Waals surface area contributed by atoms with Crippen LogP contribution in [-0.2, 0) is 19.6 Å². The summed E-state index contributed by atoms with van der Waals surface area (Å²) in [6, 6.07) is 1.91. The molecule has 1 N–H and O–H groups in total. The van der Waals surface area contributed by atoms with E-state index in [0.29, 0.717) is 13.0 Å². The summed E-state index contributed by atoms with van der Waals surface area (Å²) in [5.74, 6) is -0.453. The Morgan fingerprint density at radius 1 is 1.30 bits per heavy atom. The van der Waals surface area contributed by atoms with Gasteiger partial charge in [-0.05, 0) is 38.0 Å². The molecule has 0 fully saturated rings. The Hall–Kier alpha value is -2.38. The second-order valence-corrected chi connectivity index (χ2v) is 5.21. The number of carbonyl (C=O) groups excluding carboxylic acids is 1. The van der Waals surface area contributed by atoms with Crippen LogP contribution in [0.25, 0.3) is 0 Å². The number of hydrogen-bond donors (Lipinski definition) is 1. The topological polar surface area (TPSA) is 59.8 Å². The number of hydrogen-bond acceptors (Lipinski definition) is 3. The first-order valence-corrected chi connectivity index (χ1v) is 7.00. The molecule has 0 aromatic carbocycles. The number of amides is 1. The largest absolute Gasteiger partial charge is 0.433 e. The number of nitrogens with one attached hydrogen (secondary N) is 1. The maximum absolute atomic E-state index is 12.4. The van der Waals surface area contributed by atoms with E-state index in [4.69, 9.17) is 0 Å². The fraction of sp³-hybridized carbons (Fsp3) is 0.400. The second kappa shape index (κ2) is 6.39. The van der Waals surface area contributed by atoms with Crippen LogP contribution < -0.4 is 5.32 Å². The third-order valence-corrected chi connectivity index (χ3v) is 3.64. The summed E-state index contributed by atoms with van der Waals surface area (Å²) < 4.78 is 39.0. The van der Waals surface area contributed by atoms with Crippen molar-refractivity contribution in [2.45, 2.75) is 26.4 Å². The Labute approximate surface area is 131 Å². The van der Waals surface area contributed by atoms with Crippen molar-refractivity contribution in [3.8, 4) is 0 Å². The molecule has 8 heteroatoms. The molecule has 0 aliphatic heterocycles. The van der Waals surface area contributed by atoms with Crippen LogP contribution >= 0.6 is 0 Å². The van der Waals surface area contributed by atoms with E-state index in [1.165, 1.54) is 0 Å². The lowest BCUT2D eigenvalue weighted by Crippen LogP contribution is -2.26. The molecule has 124 valence electrons. The first kappa shape index (κ1) is 17.0. The number of aryl methyl sites for hydroxylation is 2. The zero-order valence-corrected chi connectivity index (χ0v) is 13.0. The van der Waals surface area contributed by atoms with Crippen molar-refractivity contribution in [2.75, 3.05) is 6.54 Å². The van der Waals surface area contributed by atoms with Gasteiger partial charge in [0.1, 0.15) is 5.69 Å². The highest BCUT2D eigenvalue weighted by Gasteiger charge is 2.32. The minimum absolute atomic E-state index is 0.0950. The molecule has 0 saturated heterocycles. The van der Waals surface area contributed by atoms with Crippen molar-refractivity contribution in [3.63, 3.8) is 0 Å². The maximum Gasteiger partial charge on any atom is 0.433 e. The van der Waals surface area contributed by atoms with Gasteiger partial charge in [-0.25, -0.2) is 0 Å². The van der Waals surface area contributed by atoms with Crippen molar-refractivity contribution < 1.29 is 18.0 Å². The van der Waals surface area contributed by atoms with Gasteiger partial charge in [0.25, 0.3) is 5.91 Å². The summed E-state index contributed by atoms with van der Waals surface area (Å²) in [7, 11) is 1.85. The highest BCUT2D eigenvalue weighted by atomic mass is 19.4. The predicted molar refractivity (Wildman–Crippen MR) is 78.0 cm³/mol. The lowest BCUT2D eigenvalue weighted by atomic mass is 10.1. The lowest BCUT2D eigenvalue weighted by molar-refractivity contribution is -0.141. The summed E-state index contributed by atoms with van der Waals surface area (Å²) in [6.07, 6.45) is -2.98.